The van der Waals surface area contributed by atoms with Gasteiger partial charge in [-0.2, -0.15) is 0 Å². The summed E-state index contributed by atoms with van der Waals surface area (Å²) in [6, 6.07) is 1.41. The molecule has 160 valence electrons. The lowest BCUT2D eigenvalue weighted by atomic mass is 10.1. The van der Waals surface area contributed by atoms with Crippen LogP contribution >= 0.6 is 0 Å². The largest absolute Gasteiger partial charge is 0.378 e. The molecular formula is C19H29N5O5. The number of carbonyl (C=O) groups is 2. The topological polar surface area (TPSA) is 106 Å². The molecule has 0 aromatic carbocycles. The van der Waals surface area contributed by atoms with E-state index in [0.29, 0.717) is 39.3 Å². The fourth-order valence-electron chi connectivity index (χ4n) is 3.98. The van der Waals surface area contributed by atoms with Crippen molar-refractivity contribution in [2.24, 2.45) is 14.1 Å². The molecule has 2 amide bonds. The molecule has 2 aliphatic heterocycles. The third kappa shape index (κ3) is 4.59. The second kappa shape index (κ2) is 8.91. The van der Waals surface area contributed by atoms with Gasteiger partial charge in [-0.15, -0.1) is 0 Å². The van der Waals surface area contributed by atoms with Crippen molar-refractivity contribution in [3.05, 3.63) is 32.6 Å². The van der Waals surface area contributed by atoms with Gasteiger partial charge in [0.1, 0.15) is 5.69 Å². The quantitative estimate of drug-likeness (QED) is 0.639. The summed E-state index contributed by atoms with van der Waals surface area (Å²) in [7, 11) is 4.80. The predicted molar refractivity (Wildman–Crippen MR) is 106 cm³/mol. The van der Waals surface area contributed by atoms with E-state index >= 15 is 0 Å². The van der Waals surface area contributed by atoms with E-state index in [-0.39, 0.29) is 23.7 Å². The number of likely N-dealkylation sites (N-methyl/N-ethyl adjacent to an activating group) is 1. The minimum absolute atomic E-state index is 0.0396. The average Bonchev–Trinajstić information content (AvgIpc) is 3.07. The van der Waals surface area contributed by atoms with Crippen LogP contribution in [0.1, 0.15) is 29.8 Å². The molecule has 3 rings (SSSR count). The third-order valence-electron chi connectivity index (χ3n) is 6.02. The van der Waals surface area contributed by atoms with Gasteiger partial charge in [-0.05, 0) is 19.9 Å². The number of carbonyl (C=O) groups excluding carboxylic acids is 2. The standard InChI is InChI=1S/C19H29N5O5/c1-21-13(10-17(26)24-6-8-29-9-7-24)4-5-14(21)12-20-18(27)15-11-16(25)23(3)19(28)22(15)2/h11,13-14H,4-10,12H2,1-3H3,(H,20,27)/t13-,14+/m1/s1. The molecule has 0 saturated carbocycles. The average molecular weight is 407 g/mol. The first kappa shape index (κ1) is 21.3. The highest BCUT2D eigenvalue weighted by molar-refractivity contribution is 5.92. The number of hydrogen-bond acceptors (Lipinski definition) is 6. The van der Waals surface area contributed by atoms with Crippen molar-refractivity contribution in [2.75, 3.05) is 39.9 Å². The molecule has 2 aliphatic rings. The van der Waals surface area contributed by atoms with Crippen LogP contribution in [-0.4, -0.2) is 82.7 Å². The van der Waals surface area contributed by atoms with E-state index in [0.717, 1.165) is 17.4 Å². The Balaban J connectivity index is 1.55. The summed E-state index contributed by atoms with van der Waals surface area (Å²) < 4.78 is 7.41. The van der Waals surface area contributed by atoms with Crippen molar-refractivity contribution < 1.29 is 14.3 Å². The monoisotopic (exact) mass is 407 g/mol. The van der Waals surface area contributed by atoms with Crippen LogP contribution in [0.15, 0.2) is 15.7 Å². The maximum absolute atomic E-state index is 12.5. The van der Waals surface area contributed by atoms with Gasteiger partial charge < -0.3 is 15.0 Å². The minimum atomic E-state index is -0.540. The SMILES string of the molecule is CN1[C@@H](CC(=O)N2CCOCC2)CC[C@H]1CNC(=O)c1cc(=O)n(C)c(=O)n1C. The van der Waals surface area contributed by atoms with Gasteiger partial charge in [0.2, 0.25) is 5.91 Å². The van der Waals surface area contributed by atoms with Gasteiger partial charge >= 0.3 is 5.69 Å². The Bertz CT molecular complexity index is 886. The van der Waals surface area contributed by atoms with Crippen molar-refractivity contribution in [3.8, 4) is 0 Å². The van der Waals surface area contributed by atoms with Gasteiger partial charge in [0.25, 0.3) is 11.5 Å². The molecule has 1 N–H and O–H groups in total. The highest BCUT2D eigenvalue weighted by atomic mass is 16.5. The van der Waals surface area contributed by atoms with Gasteiger partial charge in [0.15, 0.2) is 0 Å². The number of nitrogens with one attached hydrogen (secondary N) is 1. The first-order valence-electron chi connectivity index (χ1n) is 9.92. The van der Waals surface area contributed by atoms with Crippen LogP contribution < -0.4 is 16.6 Å². The van der Waals surface area contributed by atoms with Gasteiger partial charge in [-0.1, -0.05) is 0 Å². The Labute approximate surface area is 169 Å². The van der Waals surface area contributed by atoms with E-state index < -0.39 is 17.2 Å². The van der Waals surface area contributed by atoms with Crippen LogP contribution in [0.4, 0.5) is 0 Å². The van der Waals surface area contributed by atoms with E-state index in [4.69, 9.17) is 4.74 Å². The summed E-state index contributed by atoms with van der Waals surface area (Å²) in [5.41, 5.74) is -1.02. The second-order valence-electron chi connectivity index (χ2n) is 7.73. The summed E-state index contributed by atoms with van der Waals surface area (Å²) in [4.78, 5) is 52.8. The molecule has 0 aliphatic carbocycles. The lowest BCUT2D eigenvalue weighted by Crippen LogP contribution is -2.46. The zero-order valence-electron chi connectivity index (χ0n) is 17.2. The van der Waals surface area contributed by atoms with Gasteiger partial charge in [-0.25, -0.2) is 4.79 Å². The summed E-state index contributed by atoms with van der Waals surface area (Å²) in [5.74, 6) is -0.312. The van der Waals surface area contributed by atoms with Gasteiger partial charge in [0.05, 0.1) is 13.2 Å². The normalized spacial score (nSPS) is 22.7. The molecule has 0 spiro atoms. The Hall–Kier alpha value is -2.46. The number of aromatic nitrogens is 2. The lowest BCUT2D eigenvalue weighted by molar-refractivity contribution is -0.136. The molecule has 10 nitrogen and oxygen atoms in total. The van der Waals surface area contributed by atoms with Crippen molar-refractivity contribution in [2.45, 2.75) is 31.3 Å². The molecule has 0 unspecified atom stereocenters. The van der Waals surface area contributed by atoms with E-state index in [9.17, 15) is 19.2 Å². The highest BCUT2D eigenvalue weighted by Crippen LogP contribution is 2.25. The molecule has 1 aromatic rings. The molecule has 0 bridgehead atoms. The van der Waals surface area contributed by atoms with E-state index in [2.05, 4.69) is 10.2 Å². The predicted octanol–water partition coefficient (Wildman–Crippen LogP) is -1.47. The molecule has 0 radical (unpaired) electrons. The number of morpholine rings is 1. The van der Waals surface area contributed by atoms with Gasteiger partial charge in [0, 0.05) is 58.3 Å². The Morgan fingerprint density at radius 3 is 2.41 bits per heavy atom. The Morgan fingerprint density at radius 1 is 1.07 bits per heavy atom. The summed E-state index contributed by atoms with van der Waals surface area (Å²) in [6.07, 6.45) is 2.22. The maximum Gasteiger partial charge on any atom is 0.331 e. The number of rotatable bonds is 5. The second-order valence-corrected chi connectivity index (χ2v) is 7.73. The maximum atomic E-state index is 12.5. The zero-order chi connectivity index (χ0) is 21.1. The first-order chi connectivity index (χ1) is 13.8. The van der Waals surface area contributed by atoms with E-state index in [1.165, 1.54) is 24.7 Å². The number of hydrogen-bond donors (Lipinski definition) is 1. The van der Waals surface area contributed by atoms with Crippen LogP contribution in [0.2, 0.25) is 0 Å². The number of ether oxygens (including phenoxy) is 1. The third-order valence-corrected chi connectivity index (χ3v) is 6.02. The van der Waals surface area contributed by atoms with E-state index in [1.54, 1.807) is 0 Å². The van der Waals surface area contributed by atoms with Crippen LogP contribution in [0, 0.1) is 0 Å². The van der Waals surface area contributed by atoms with E-state index in [1.807, 2.05) is 11.9 Å². The van der Waals surface area contributed by atoms with Crippen molar-refractivity contribution >= 4 is 11.8 Å². The summed E-state index contributed by atoms with van der Waals surface area (Å²) in [6.45, 7) is 2.85. The van der Waals surface area contributed by atoms with Crippen molar-refractivity contribution in [3.63, 3.8) is 0 Å². The number of amides is 2. The fraction of sp³-hybridized carbons (Fsp3) is 0.684. The number of nitrogens with zero attached hydrogens (tertiary/aromatic N) is 4. The molecule has 2 saturated heterocycles. The summed E-state index contributed by atoms with van der Waals surface area (Å²) >= 11 is 0. The molecular weight excluding hydrogens is 378 g/mol. The van der Waals surface area contributed by atoms with Crippen molar-refractivity contribution in [1.29, 1.82) is 0 Å². The fourth-order valence-corrected chi connectivity index (χ4v) is 3.98. The first-order valence-corrected chi connectivity index (χ1v) is 9.92. The highest BCUT2D eigenvalue weighted by Gasteiger charge is 2.33. The smallest absolute Gasteiger partial charge is 0.331 e. The van der Waals surface area contributed by atoms with Crippen LogP contribution in [0.25, 0.3) is 0 Å². The molecule has 2 fully saturated rings. The number of likely N-dealkylation sites (tertiary alicyclic amines) is 1. The van der Waals surface area contributed by atoms with Gasteiger partial charge in [-0.3, -0.25) is 28.4 Å². The zero-order valence-corrected chi connectivity index (χ0v) is 17.2. The molecule has 1 aromatic heterocycles. The Morgan fingerprint density at radius 2 is 1.72 bits per heavy atom. The van der Waals surface area contributed by atoms with Crippen LogP contribution in [0.5, 0.6) is 0 Å². The Kier molecular flexibility index (Phi) is 6.53. The molecule has 29 heavy (non-hydrogen) atoms. The molecule has 3 heterocycles. The lowest BCUT2D eigenvalue weighted by Gasteiger charge is -2.30. The van der Waals surface area contributed by atoms with Crippen LogP contribution in [0.3, 0.4) is 0 Å². The molecule has 10 heteroatoms. The summed E-state index contributed by atoms with van der Waals surface area (Å²) in [5, 5.41) is 2.82. The molecule has 2 atom stereocenters. The van der Waals surface area contributed by atoms with Crippen LogP contribution in [-0.2, 0) is 23.6 Å². The van der Waals surface area contributed by atoms with Crippen molar-refractivity contribution in [1.82, 2.24) is 24.3 Å². The minimum Gasteiger partial charge on any atom is -0.378 e.